The van der Waals surface area contributed by atoms with Crippen molar-refractivity contribution in [1.82, 2.24) is 5.32 Å². The van der Waals surface area contributed by atoms with Gasteiger partial charge in [0.15, 0.2) is 5.75 Å². The number of nitrogens with one attached hydrogen (secondary N) is 1. The maximum Gasteiger partial charge on any atom is 0.262 e. The van der Waals surface area contributed by atoms with Crippen LogP contribution >= 0.6 is 43.5 Å². The quantitative estimate of drug-likeness (QED) is 0.239. The first kappa shape index (κ1) is 24.1. The van der Waals surface area contributed by atoms with Crippen molar-refractivity contribution in [2.45, 2.75) is 19.6 Å². The number of carbonyl (C=O) groups excluding carboxylic acids is 1. The number of halogens is 3. The van der Waals surface area contributed by atoms with Crippen LogP contribution < -0.4 is 10.1 Å². The van der Waals surface area contributed by atoms with Gasteiger partial charge >= 0.3 is 0 Å². The summed E-state index contributed by atoms with van der Waals surface area (Å²) in [4.78, 5) is 12.6. The van der Waals surface area contributed by atoms with Crippen LogP contribution in [0.3, 0.4) is 0 Å². The van der Waals surface area contributed by atoms with Gasteiger partial charge in [0, 0.05) is 4.47 Å². The molecular formula is C25H19Br2ClN2O2. The van der Waals surface area contributed by atoms with Gasteiger partial charge in [0.1, 0.15) is 18.2 Å². The van der Waals surface area contributed by atoms with Crippen molar-refractivity contribution in [2.24, 2.45) is 0 Å². The second-order valence-electron chi connectivity index (χ2n) is 7.00. The third-order valence-electron chi connectivity index (χ3n) is 4.64. The lowest BCUT2D eigenvalue weighted by molar-refractivity contribution is -0.117. The summed E-state index contributed by atoms with van der Waals surface area (Å²) in [5, 5.41) is 12.7. The highest BCUT2D eigenvalue weighted by Crippen LogP contribution is 2.35. The molecule has 3 aromatic rings. The third kappa shape index (κ3) is 6.46. The number of hydrogen-bond acceptors (Lipinski definition) is 3. The maximum atomic E-state index is 12.6. The van der Waals surface area contributed by atoms with Crippen molar-refractivity contribution in [3.8, 4) is 11.8 Å². The lowest BCUT2D eigenvalue weighted by atomic mass is 10.1. The van der Waals surface area contributed by atoms with Crippen molar-refractivity contribution in [3.63, 3.8) is 0 Å². The largest absolute Gasteiger partial charge is 0.486 e. The Hall–Kier alpha value is -2.59. The maximum absolute atomic E-state index is 12.6. The molecule has 1 N–H and O–H groups in total. The predicted octanol–water partition coefficient (Wildman–Crippen LogP) is 7.23. The Morgan fingerprint density at radius 2 is 1.84 bits per heavy atom. The molecule has 32 heavy (non-hydrogen) atoms. The summed E-state index contributed by atoms with van der Waals surface area (Å²) in [6.45, 7) is 2.22. The van der Waals surface area contributed by atoms with Gasteiger partial charge in [-0.3, -0.25) is 4.79 Å². The third-order valence-corrected chi connectivity index (χ3v) is 6.04. The van der Waals surface area contributed by atoms with Gasteiger partial charge in [-0.25, -0.2) is 0 Å². The molecule has 0 aromatic heterocycles. The molecule has 0 bridgehead atoms. The molecule has 0 aliphatic carbocycles. The van der Waals surface area contributed by atoms with Crippen LogP contribution in [0.5, 0.6) is 5.75 Å². The Balaban J connectivity index is 1.74. The van der Waals surface area contributed by atoms with Crippen LogP contribution in [-0.2, 0) is 11.4 Å². The summed E-state index contributed by atoms with van der Waals surface area (Å²) in [6, 6.07) is 22.5. The van der Waals surface area contributed by atoms with Crippen molar-refractivity contribution in [2.75, 3.05) is 0 Å². The highest BCUT2D eigenvalue weighted by molar-refractivity contribution is 9.10. The molecule has 3 aromatic carbocycles. The van der Waals surface area contributed by atoms with Gasteiger partial charge in [-0.15, -0.1) is 0 Å². The highest BCUT2D eigenvalue weighted by Gasteiger charge is 2.15. The van der Waals surface area contributed by atoms with Crippen LogP contribution in [0.2, 0.25) is 5.02 Å². The lowest BCUT2D eigenvalue weighted by Gasteiger charge is -2.14. The SMILES string of the molecule is C[C@H](NC(=O)/C(C#N)=C\c1cc(Cl)c(OCc2ccc(Br)cc2)c(Br)c1)c1ccccc1. The normalized spacial score (nSPS) is 12.0. The second-order valence-corrected chi connectivity index (χ2v) is 9.18. The molecule has 1 amide bonds. The van der Waals surface area contributed by atoms with Gasteiger partial charge < -0.3 is 10.1 Å². The molecule has 0 saturated heterocycles. The molecule has 0 unspecified atom stereocenters. The average molecular weight is 575 g/mol. The molecule has 7 heteroatoms. The number of amides is 1. The molecule has 0 spiro atoms. The molecule has 0 aliphatic heterocycles. The molecular weight excluding hydrogens is 556 g/mol. The number of benzene rings is 3. The summed E-state index contributed by atoms with van der Waals surface area (Å²) in [5.74, 6) is 0.0408. The fourth-order valence-corrected chi connectivity index (χ4v) is 4.20. The van der Waals surface area contributed by atoms with E-state index in [0.29, 0.717) is 27.4 Å². The molecule has 0 radical (unpaired) electrons. The van der Waals surface area contributed by atoms with E-state index in [2.05, 4.69) is 37.2 Å². The summed E-state index contributed by atoms with van der Waals surface area (Å²) in [6.07, 6.45) is 1.50. The minimum absolute atomic E-state index is 0.0146. The van der Waals surface area contributed by atoms with E-state index in [0.717, 1.165) is 15.6 Å². The number of nitriles is 1. The van der Waals surface area contributed by atoms with Crippen LogP contribution in [0.1, 0.15) is 29.7 Å². The zero-order valence-electron chi connectivity index (χ0n) is 17.1. The Morgan fingerprint density at radius 3 is 2.47 bits per heavy atom. The number of nitrogens with zero attached hydrogens (tertiary/aromatic N) is 1. The predicted molar refractivity (Wildman–Crippen MR) is 134 cm³/mol. The Labute approximate surface area is 209 Å². The minimum Gasteiger partial charge on any atom is -0.486 e. The zero-order chi connectivity index (χ0) is 23.1. The summed E-state index contributed by atoms with van der Waals surface area (Å²) >= 11 is 13.3. The first-order valence-electron chi connectivity index (χ1n) is 9.71. The van der Waals surface area contributed by atoms with Gasteiger partial charge in [0.2, 0.25) is 0 Å². The highest BCUT2D eigenvalue weighted by atomic mass is 79.9. The van der Waals surface area contributed by atoms with E-state index in [1.54, 1.807) is 12.1 Å². The van der Waals surface area contributed by atoms with Gasteiger partial charge in [-0.1, -0.05) is 70.0 Å². The summed E-state index contributed by atoms with van der Waals surface area (Å²) < 4.78 is 7.49. The molecule has 0 aliphatic rings. The molecule has 0 fully saturated rings. The van der Waals surface area contributed by atoms with Crippen LogP contribution in [0, 0.1) is 11.3 Å². The lowest BCUT2D eigenvalue weighted by Crippen LogP contribution is -2.27. The van der Waals surface area contributed by atoms with E-state index in [1.807, 2.05) is 67.6 Å². The van der Waals surface area contributed by atoms with Crippen molar-refractivity contribution in [3.05, 3.63) is 103 Å². The van der Waals surface area contributed by atoms with Crippen molar-refractivity contribution < 1.29 is 9.53 Å². The molecule has 162 valence electrons. The Kier molecular flexibility index (Phi) is 8.52. The van der Waals surface area contributed by atoms with E-state index in [9.17, 15) is 10.1 Å². The van der Waals surface area contributed by atoms with Crippen LogP contribution in [0.15, 0.2) is 81.2 Å². The van der Waals surface area contributed by atoms with Crippen LogP contribution in [-0.4, -0.2) is 5.91 Å². The number of hydrogen-bond donors (Lipinski definition) is 1. The number of carbonyl (C=O) groups is 1. The smallest absolute Gasteiger partial charge is 0.262 e. The first-order valence-corrected chi connectivity index (χ1v) is 11.7. The van der Waals surface area contributed by atoms with E-state index < -0.39 is 5.91 Å². The summed E-state index contributed by atoms with van der Waals surface area (Å²) in [5.41, 5.74) is 2.54. The van der Waals surface area contributed by atoms with Gasteiger partial charge in [-0.05, 0) is 69.9 Å². The van der Waals surface area contributed by atoms with Gasteiger partial charge in [0.25, 0.3) is 5.91 Å². The van der Waals surface area contributed by atoms with Crippen LogP contribution in [0.25, 0.3) is 6.08 Å². The van der Waals surface area contributed by atoms with Crippen molar-refractivity contribution >= 4 is 55.4 Å². The Morgan fingerprint density at radius 1 is 1.16 bits per heavy atom. The van der Waals surface area contributed by atoms with E-state index in [-0.39, 0.29) is 11.6 Å². The minimum atomic E-state index is -0.452. The molecule has 0 saturated carbocycles. The molecule has 4 nitrogen and oxygen atoms in total. The van der Waals surface area contributed by atoms with E-state index >= 15 is 0 Å². The molecule has 0 heterocycles. The fourth-order valence-electron chi connectivity index (χ4n) is 2.95. The fraction of sp³-hybridized carbons (Fsp3) is 0.120. The van der Waals surface area contributed by atoms with Crippen LogP contribution in [0.4, 0.5) is 0 Å². The molecule has 1 atom stereocenters. The Bertz CT molecular complexity index is 1150. The summed E-state index contributed by atoms with van der Waals surface area (Å²) in [7, 11) is 0. The number of rotatable bonds is 7. The molecule has 3 rings (SSSR count). The standard InChI is InChI=1S/C25H19Br2ClN2O2/c1-16(19-5-3-2-4-6-19)30-25(31)20(14-29)11-18-12-22(27)24(23(28)13-18)32-15-17-7-9-21(26)10-8-17/h2-13,16H,15H2,1H3,(H,30,31)/b20-11-/t16-/m0/s1. The van der Waals surface area contributed by atoms with Crippen molar-refractivity contribution in [1.29, 1.82) is 5.26 Å². The monoisotopic (exact) mass is 572 g/mol. The second kappa shape index (κ2) is 11.3. The zero-order valence-corrected chi connectivity index (χ0v) is 21.0. The first-order chi connectivity index (χ1) is 15.4. The van der Waals surface area contributed by atoms with E-state index in [1.165, 1.54) is 6.08 Å². The number of ether oxygens (including phenoxy) is 1. The average Bonchev–Trinajstić information content (AvgIpc) is 2.78. The topological polar surface area (TPSA) is 62.1 Å². The van der Waals surface area contributed by atoms with Gasteiger partial charge in [0.05, 0.1) is 15.5 Å². The van der Waals surface area contributed by atoms with E-state index in [4.69, 9.17) is 16.3 Å². The van der Waals surface area contributed by atoms with Gasteiger partial charge in [-0.2, -0.15) is 5.26 Å².